The zero-order valence-electron chi connectivity index (χ0n) is 15.9. The van der Waals surface area contributed by atoms with Crippen LogP contribution in [0.1, 0.15) is 31.2 Å². The van der Waals surface area contributed by atoms with Crippen molar-refractivity contribution in [1.29, 1.82) is 0 Å². The van der Waals surface area contributed by atoms with Gasteiger partial charge in [0, 0.05) is 25.2 Å². The van der Waals surface area contributed by atoms with Crippen molar-refractivity contribution in [2.24, 2.45) is 0 Å². The highest BCUT2D eigenvalue weighted by Crippen LogP contribution is 2.22. The van der Waals surface area contributed by atoms with Crippen LogP contribution in [0, 0.1) is 0 Å². The first-order valence-corrected chi connectivity index (χ1v) is 10.2. The van der Waals surface area contributed by atoms with Gasteiger partial charge in [0.05, 0.1) is 0 Å². The Bertz CT molecular complexity index is 776. The van der Waals surface area contributed by atoms with Crippen LogP contribution >= 0.6 is 0 Å². The number of nitrogens with zero attached hydrogens (tertiary/aromatic N) is 2. The van der Waals surface area contributed by atoms with Crippen LogP contribution in [0.2, 0.25) is 0 Å². The van der Waals surface area contributed by atoms with Gasteiger partial charge in [-0.15, -0.1) is 0 Å². The van der Waals surface area contributed by atoms with Gasteiger partial charge in [-0.3, -0.25) is 4.79 Å². The number of carbonyl (C=O) groups is 1. The van der Waals surface area contributed by atoms with Gasteiger partial charge in [0.2, 0.25) is 5.91 Å². The van der Waals surface area contributed by atoms with Gasteiger partial charge in [0.15, 0.2) is 0 Å². The minimum atomic E-state index is 0.156. The topological polar surface area (TPSA) is 23.6 Å². The Kier molecular flexibility index (Phi) is 5.69. The van der Waals surface area contributed by atoms with Crippen LogP contribution in [-0.2, 0) is 4.79 Å². The molecule has 4 rings (SSSR count). The Balaban J connectivity index is 1.37. The van der Waals surface area contributed by atoms with E-state index < -0.39 is 0 Å². The van der Waals surface area contributed by atoms with Gasteiger partial charge in [0.25, 0.3) is 0 Å². The van der Waals surface area contributed by atoms with Crippen LogP contribution in [0.25, 0.3) is 17.2 Å². The third kappa shape index (κ3) is 4.48. The SMILES string of the molecule is O=C(/C=C/c1ccc(-c2ccccc2)cc1)N1CCCC1CN1CCCC1. The van der Waals surface area contributed by atoms with Gasteiger partial charge in [-0.05, 0) is 61.5 Å². The van der Waals surface area contributed by atoms with Gasteiger partial charge >= 0.3 is 0 Å². The molecule has 0 radical (unpaired) electrons. The second-order valence-electron chi connectivity index (χ2n) is 7.66. The van der Waals surface area contributed by atoms with Crippen LogP contribution in [0.5, 0.6) is 0 Å². The molecule has 2 saturated heterocycles. The second-order valence-corrected chi connectivity index (χ2v) is 7.66. The smallest absolute Gasteiger partial charge is 0.246 e. The lowest BCUT2D eigenvalue weighted by atomic mass is 10.0. The van der Waals surface area contributed by atoms with Crippen LogP contribution in [0.3, 0.4) is 0 Å². The van der Waals surface area contributed by atoms with Crippen molar-refractivity contribution in [2.75, 3.05) is 26.2 Å². The summed E-state index contributed by atoms with van der Waals surface area (Å²) in [6, 6.07) is 19.1. The highest BCUT2D eigenvalue weighted by molar-refractivity contribution is 5.92. The molecule has 0 spiro atoms. The fraction of sp³-hybridized carbons (Fsp3) is 0.375. The van der Waals surface area contributed by atoms with E-state index in [4.69, 9.17) is 0 Å². The number of amides is 1. The van der Waals surface area contributed by atoms with Crippen LogP contribution < -0.4 is 0 Å². The van der Waals surface area contributed by atoms with E-state index in [0.29, 0.717) is 6.04 Å². The average Bonchev–Trinajstić information content (AvgIpc) is 3.40. The molecule has 2 aliphatic rings. The molecule has 3 heteroatoms. The normalized spacial score (nSPS) is 20.6. The summed E-state index contributed by atoms with van der Waals surface area (Å²) in [5.41, 5.74) is 3.48. The highest BCUT2D eigenvalue weighted by Gasteiger charge is 2.29. The minimum absolute atomic E-state index is 0.156. The zero-order chi connectivity index (χ0) is 18.5. The van der Waals surface area contributed by atoms with Gasteiger partial charge in [-0.25, -0.2) is 0 Å². The van der Waals surface area contributed by atoms with Crippen LogP contribution in [0.15, 0.2) is 60.7 Å². The molecule has 1 amide bonds. The van der Waals surface area contributed by atoms with Gasteiger partial charge in [-0.1, -0.05) is 54.6 Å². The standard InChI is InChI=1S/C24H28N2O/c27-24(26-18-6-9-23(26)19-25-16-4-5-17-25)15-12-20-10-13-22(14-11-20)21-7-2-1-3-8-21/h1-3,7-8,10-15,23H,4-6,9,16-19H2/b15-12+. The summed E-state index contributed by atoms with van der Waals surface area (Å²) < 4.78 is 0. The first-order chi connectivity index (χ1) is 13.3. The van der Waals surface area contributed by atoms with E-state index >= 15 is 0 Å². The highest BCUT2D eigenvalue weighted by atomic mass is 16.2. The quantitative estimate of drug-likeness (QED) is 0.735. The van der Waals surface area contributed by atoms with Gasteiger partial charge in [0.1, 0.15) is 0 Å². The molecule has 0 saturated carbocycles. The van der Waals surface area contributed by atoms with Gasteiger partial charge < -0.3 is 9.80 Å². The van der Waals surface area contributed by atoms with E-state index in [0.717, 1.165) is 31.5 Å². The molecule has 140 valence electrons. The molecule has 2 aliphatic heterocycles. The molecule has 2 aromatic carbocycles. The van der Waals surface area contributed by atoms with Crippen molar-refractivity contribution in [2.45, 2.75) is 31.7 Å². The van der Waals surface area contributed by atoms with E-state index in [1.54, 1.807) is 6.08 Å². The first-order valence-electron chi connectivity index (χ1n) is 10.2. The number of benzene rings is 2. The zero-order valence-corrected chi connectivity index (χ0v) is 15.9. The van der Waals surface area contributed by atoms with E-state index in [1.165, 1.54) is 37.1 Å². The van der Waals surface area contributed by atoms with E-state index in [9.17, 15) is 4.79 Å². The molecule has 0 N–H and O–H groups in total. The lowest BCUT2D eigenvalue weighted by Crippen LogP contribution is -2.41. The molecule has 0 bridgehead atoms. The van der Waals surface area contributed by atoms with Crippen molar-refractivity contribution in [3.8, 4) is 11.1 Å². The molecule has 3 nitrogen and oxygen atoms in total. The molecule has 1 atom stereocenters. The number of carbonyl (C=O) groups excluding carboxylic acids is 1. The predicted octanol–water partition coefficient (Wildman–Crippen LogP) is 4.45. The molecule has 27 heavy (non-hydrogen) atoms. The third-order valence-electron chi connectivity index (χ3n) is 5.76. The predicted molar refractivity (Wildman–Crippen MR) is 111 cm³/mol. The summed E-state index contributed by atoms with van der Waals surface area (Å²) in [5, 5.41) is 0. The Morgan fingerprint density at radius 2 is 1.59 bits per heavy atom. The molecular formula is C24H28N2O. The number of likely N-dealkylation sites (tertiary alicyclic amines) is 2. The first kappa shape index (κ1) is 18.0. The Morgan fingerprint density at radius 3 is 2.33 bits per heavy atom. The molecule has 2 fully saturated rings. The fourth-order valence-electron chi connectivity index (χ4n) is 4.26. The fourth-order valence-corrected chi connectivity index (χ4v) is 4.26. The molecule has 1 unspecified atom stereocenters. The number of hydrogen-bond acceptors (Lipinski definition) is 2. The van der Waals surface area contributed by atoms with E-state index in [2.05, 4.69) is 58.3 Å². The summed E-state index contributed by atoms with van der Waals surface area (Å²) >= 11 is 0. The minimum Gasteiger partial charge on any atom is -0.335 e. The van der Waals surface area contributed by atoms with E-state index in [-0.39, 0.29) is 5.91 Å². The third-order valence-corrected chi connectivity index (χ3v) is 5.76. The maximum Gasteiger partial charge on any atom is 0.246 e. The van der Waals surface area contributed by atoms with Crippen LogP contribution in [-0.4, -0.2) is 47.9 Å². The summed E-state index contributed by atoms with van der Waals surface area (Å²) in [7, 11) is 0. The Morgan fingerprint density at radius 1 is 0.889 bits per heavy atom. The van der Waals surface area contributed by atoms with Crippen molar-refractivity contribution in [3.63, 3.8) is 0 Å². The van der Waals surface area contributed by atoms with Crippen molar-refractivity contribution in [1.82, 2.24) is 9.80 Å². The molecular weight excluding hydrogens is 332 g/mol. The van der Waals surface area contributed by atoms with Crippen LogP contribution in [0.4, 0.5) is 0 Å². The summed E-state index contributed by atoms with van der Waals surface area (Å²) in [5.74, 6) is 0.156. The molecule has 0 aromatic heterocycles. The largest absolute Gasteiger partial charge is 0.335 e. The van der Waals surface area contributed by atoms with Crippen molar-refractivity contribution < 1.29 is 4.79 Å². The monoisotopic (exact) mass is 360 g/mol. The van der Waals surface area contributed by atoms with Crippen molar-refractivity contribution >= 4 is 12.0 Å². The second kappa shape index (κ2) is 8.53. The lowest BCUT2D eigenvalue weighted by molar-refractivity contribution is -0.127. The summed E-state index contributed by atoms with van der Waals surface area (Å²) in [6.07, 6.45) is 8.58. The number of rotatable bonds is 5. The molecule has 2 aromatic rings. The Labute approximate surface area is 162 Å². The Hall–Kier alpha value is -2.39. The van der Waals surface area contributed by atoms with Gasteiger partial charge in [-0.2, -0.15) is 0 Å². The summed E-state index contributed by atoms with van der Waals surface area (Å²) in [4.78, 5) is 17.3. The average molecular weight is 361 g/mol. The maximum atomic E-state index is 12.7. The maximum absolute atomic E-state index is 12.7. The molecule has 2 heterocycles. The lowest BCUT2D eigenvalue weighted by Gasteiger charge is -2.27. The van der Waals surface area contributed by atoms with E-state index in [1.807, 2.05) is 12.1 Å². The molecule has 0 aliphatic carbocycles. The number of hydrogen-bond donors (Lipinski definition) is 0. The van der Waals surface area contributed by atoms with Crippen molar-refractivity contribution in [3.05, 3.63) is 66.2 Å². The summed E-state index contributed by atoms with van der Waals surface area (Å²) in [6.45, 7) is 4.34.